The van der Waals surface area contributed by atoms with E-state index in [1.54, 1.807) is 30.3 Å². The Balaban J connectivity index is 1.95. The molecule has 0 radical (unpaired) electrons. The zero-order valence-electron chi connectivity index (χ0n) is 12.2. The average molecular weight is 300 g/mol. The van der Waals surface area contributed by atoms with Gasteiger partial charge in [0.25, 0.3) is 0 Å². The number of halogens is 1. The number of carbonyl (C=O) groups excluding carboxylic acids is 2. The second-order valence-electron chi connectivity index (χ2n) is 4.74. The maximum Gasteiger partial charge on any atom is 0.313 e. The Hall–Kier alpha value is -2.69. The van der Waals surface area contributed by atoms with Crippen molar-refractivity contribution in [2.75, 3.05) is 5.32 Å². The Morgan fingerprint density at radius 2 is 1.59 bits per heavy atom. The number of para-hydroxylation sites is 1. The van der Waals surface area contributed by atoms with E-state index < -0.39 is 17.6 Å². The largest absolute Gasteiger partial charge is 0.344 e. The molecule has 0 aliphatic carbocycles. The number of amides is 2. The zero-order chi connectivity index (χ0) is 15.9. The van der Waals surface area contributed by atoms with Crippen molar-refractivity contribution in [1.82, 2.24) is 5.32 Å². The van der Waals surface area contributed by atoms with Crippen molar-refractivity contribution in [2.45, 2.75) is 19.9 Å². The highest BCUT2D eigenvalue weighted by molar-refractivity contribution is 6.39. The molecular weight excluding hydrogens is 283 g/mol. The monoisotopic (exact) mass is 300 g/mol. The van der Waals surface area contributed by atoms with Gasteiger partial charge in [-0.25, -0.2) is 4.39 Å². The Morgan fingerprint density at radius 3 is 2.27 bits per heavy atom. The number of hydrogen-bond donors (Lipinski definition) is 2. The maximum absolute atomic E-state index is 13.4. The fourth-order valence-corrected chi connectivity index (χ4v) is 2.03. The van der Waals surface area contributed by atoms with Gasteiger partial charge in [-0.15, -0.1) is 0 Å². The van der Waals surface area contributed by atoms with Crippen LogP contribution in [0.15, 0.2) is 48.5 Å². The van der Waals surface area contributed by atoms with Gasteiger partial charge in [0.1, 0.15) is 5.82 Å². The highest BCUT2D eigenvalue weighted by atomic mass is 19.1. The van der Waals surface area contributed by atoms with Crippen LogP contribution in [0.2, 0.25) is 0 Å². The van der Waals surface area contributed by atoms with Crippen LogP contribution in [-0.2, 0) is 22.6 Å². The van der Waals surface area contributed by atoms with Crippen molar-refractivity contribution in [3.05, 3.63) is 65.5 Å². The summed E-state index contributed by atoms with van der Waals surface area (Å²) in [7, 11) is 0. The molecule has 2 aromatic rings. The minimum Gasteiger partial charge on any atom is -0.344 e. The normalized spacial score (nSPS) is 10.1. The molecule has 2 N–H and O–H groups in total. The number of aryl methyl sites for hydroxylation is 1. The molecule has 0 fully saturated rings. The number of nitrogens with one attached hydrogen (secondary N) is 2. The predicted octanol–water partition coefficient (Wildman–Crippen LogP) is 2.64. The van der Waals surface area contributed by atoms with Crippen LogP contribution in [0.25, 0.3) is 0 Å². The highest BCUT2D eigenvalue weighted by Gasteiger charge is 2.15. The standard InChI is InChI=1S/C17H17FN2O2/c1-2-12-7-4-6-10-15(12)20-17(22)16(21)19-11-13-8-3-5-9-14(13)18/h3-10H,2,11H2,1H3,(H,19,21)(H,20,22). The first-order valence-corrected chi connectivity index (χ1v) is 7.02. The van der Waals surface area contributed by atoms with Gasteiger partial charge in [-0.05, 0) is 24.1 Å². The Labute approximate surface area is 128 Å². The van der Waals surface area contributed by atoms with E-state index in [0.717, 1.165) is 12.0 Å². The Kier molecular flexibility index (Phi) is 5.25. The van der Waals surface area contributed by atoms with E-state index in [0.29, 0.717) is 11.3 Å². The van der Waals surface area contributed by atoms with Crippen molar-refractivity contribution in [2.24, 2.45) is 0 Å². The topological polar surface area (TPSA) is 58.2 Å². The van der Waals surface area contributed by atoms with Crippen molar-refractivity contribution < 1.29 is 14.0 Å². The highest BCUT2D eigenvalue weighted by Crippen LogP contribution is 2.15. The lowest BCUT2D eigenvalue weighted by atomic mass is 10.1. The summed E-state index contributed by atoms with van der Waals surface area (Å²) in [5.41, 5.74) is 1.88. The molecule has 5 heteroatoms. The molecule has 0 saturated heterocycles. The molecule has 0 aromatic heterocycles. The van der Waals surface area contributed by atoms with Gasteiger partial charge in [0.2, 0.25) is 0 Å². The number of carbonyl (C=O) groups is 2. The molecule has 4 nitrogen and oxygen atoms in total. The van der Waals surface area contributed by atoms with Crippen molar-refractivity contribution in [3.63, 3.8) is 0 Å². The summed E-state index contributed by atoms with van der Waals surface area (Å²) in [6.07, 6.45) is 0.743. The molecule has 0 heterocycles. The van der Waals surface area contributed by atoms with Crippen molar-refractivity contribution in [1.29, 1.82) is 0 Å². The van der Waals surface area contributed by atoms with Gasteiger partial charge in [0, 0.05) is 17.8 Å². The molecule has 114 valence electrons. The fraction of sp³-hybridized carbons (Fsp3) is 0.176. The van der Waals surface area contributed by atoms with Crippen LogP contribution < -0.4 is 10.6 Å². The smallest absolute Gasteiger partial charge is 0.313 e. The van der Waals surface area contributed by atoms with E-state index in [1.807, 2.05) is 19.1 Å². The number of hydrogen-bond acceptors (Lipinski definition) is 2. The van der Waals surface area contributed by atoms with Gasteiger partial charge >= 0.3 is 11.8 Å². The molecule has 0 atom stereocenters. The first kappa shape index (κ1) is 15.7. The quantitative estimate of drug-likeness (QED) is 0.853. The van der Waals surface area contributed by atoms with Crippen molar-refractivity contribution in [3.8, 4) is 0 Å². The van der Waals surface area contributed by atoms with Crippen LogP contribution >= 0.6 is 0 Å². The number of benzene rings is 2. The summed E-state index contributed by atoms with van der Waals surface area (Å²) in [5.74, 6) is -1.98. The predicted molar refractivity (Wildman–Crippen MR) is 82.7 cm³/mol. The Bertz CT molecular complexity index is 686. The number of anilines is 1. The summed E-state index contributed by atoms with van der Waals surface area (Å²) >= 11 is 0. The minimum atomic E-state index is -0.797. The van der Waals surface area contributed by atoms with Crippen LogP contribution in [0, 0.1) is 5.82 Å². The van der Waals surface area contributed by atoms with Crippen LogP contribution in [0.1, 0.15) is 18.1 Å². The van der Waals surface area contributed by atoms with E-state index >= 15 is 0 Å². The third-order valence-electron chi connectivity index (χ3n) is 3.25. The third kappa shape index (κ3) is 3.91. The molecule has 0 saturated carbocycles. The molecule has 2 aromatic carbocycles. The van der Waals surface area contributed by atoms with Gasteiger partial charge in [-0.3, -0.25) is 9.59 Å². The molecule has 2 amide bonds. The van der Waals surface area contributed by atoms with Gasteiger partial charge in [-0.1, -0.05) is 43.3 Å². The van der Waals surface area contributed by atoms with E-state index in [2.05, 4.69) is 10.6 Å². The third-order valence-corrected chi connectivity index (χ3v) is 3.25. The van der Waals surface area contributed by atoms with Gasteiger partial charge < -0.3 is 10.6 Å². The summed E-state index contributed by atoms with van der Waals surface area (Å²) in [4.78, 5) is 23.7. The molecule has 2 rings (SSSR count). The summed E-state index contributed by atoms with van der Waals surface area (Å²) in [6.45, 7) is 1.93. The SMILES string of the molecule is CCc1ccccc1NC(=O)C(=O)NCc1ccccc1F. The molecule has 0 bridgehead atoms. The summed E-state index contributed by atoms with van der Waals surface area (Å²) in [5, 5.41) is 4.97. The summed E-state index contributed by atoms with van der Waals surface area (Å²) < 4.78 is 13.4. The van der Waals surface area contributed by atoms with Gasteiger partial charge in [-0.2, -0.15) is 0 Å². The molecular formula is C17H17FN2O2. The fourth-order valence-electron chi connectivity index (χ4n) is 2.03. The Morgan fingerprint density at radius 1 is 0.955 bits per heavy atom. The molecule has 22 heavy (non-hydrogen) atoms. The van der Waals surface area contributed by atoms with E-state index in [9.17, 15) is 14.0 Å². The van der Waals surface area contributed by atoms with Crippen molar-refractivity contribution >= 4 is 17.5 Å². The van der Waals surface area contributed by atoms with Gasteiger partial charge in [0.15, 0.2) is 0 Å². The van der Waals surface area contributed by atoms with Gasteiger partial charge in [0.05, 0.1) is 0 Å². The van der Waals surface area contributed by atoms with Crippen LogP contribution in [-0.4, -0.2) is 11.8 Å². The first-order chi connectivity index (χ1) is 10.6. The zero-order valence-corrected chi connectivity index (χ0v) is 12.2. The van der Waals surface area contributed by atoms with E-state index in [-0.39, 0.29) is 6.54 Å². The molecule has 0 spiro atoms. The lowest BCUT2D eigenvalue weighted by Gasteiger charge is -2.10. The number of rotatable bonds is 4. The second-order valence-corrected chi connectivity index (χ2v) is 4.74. The maximum atomic E-state index is 13.4. The second kappa shape index (κ2) is 7.36. The first-order valence-electron chi connectivity index (χ1n) is 7.02. The van der Waals surface area contributed by atoms with E-state index in [4.69, 9.17) is 0 Å². The molecule has 0 aliphatic heterocycles. The van der Waals surface area contributed by atoms with Crippen LogP contribution in [0.5, 0.6) is 0 Å². The van der Waals surface area contributed by atoms with Crippen LogP contribution in [0.3, 0.4) is 0 Å². The minimum absolute atomic E-state index is 0.0334. The van der Waals surface area contributed by atoms with Crippen LogP contribution in [0.4, 0.5) is 10.1 Å². The average Bonchev–Trinajstić information content (AvgIpc) is 2.54. The lowest BCUT2D eigenvalue weighted by molar-refractivity contribution is -0.136. The summed E-state index contributed by atoms with van der Waals surface area (Å²) in [6, 6.07) is 13.4. The molecule has 0 aliphatic rings. The molecule has 0 unspecified atom stereocenters. The van der Waals surface area contributed by atoms with E-state index in [1.165, 1.54) is 6.07 Å². The lowest BCUT2D eigenvalue weighted by Crippen LogP contribution is -2.35.